The molecule has 1 aliphatic rings. The lowest BCUT2D eigenvalue weighted by atomic mass is 10.0. The molecule has 6 heteroatoms. The normalized spacial score (nSPS) is 15.9. The molecule has 0 radical (unpaired) electrons. The topological polar surface area (TPSA) is 57.4 Å². The molecule has 3 aromatic rings. The van der Waals surface area contributed by atoms with Crippen LogP contribution in [0.25, 0.3) is 10.9 Å². The maximum atomic E-state index is 13.4. The predicted molar refractivity (Wildman–Crippen MR) is 112 cm³/mol. The zero-order valence-electron chi connectivity index (χ0n) is 16.6. The van der Waals surface area contributed by atoms with Crippen molar-refractivity contribution in [1.82, 2.24) is 15.2 Å². The third-order valence-electron chi connectivity index (χ3n) is 5.62. The van der Waals surface area contributed by atoms with Crippen LogP contribution in [0.1, 0.15) is 41.4 Å². The Morgan fingerprint density at radius 1 is 1.14 bits per heavy atom. The van der Waals surface area contributed by atoms with E-state index in [2.05, 4.69) is 27.3 Å². The molecule has 1 amide bonds. The number of aromatic nitrogens is 1. The van der Waals surface area contributed by atoms with Gasteiger partial charge in [-0.1, -0.05) is 18.6 Å². The summed E-state index contributed by atoms with van der Waals surface area (Å²) < 4.78 is 18.7. The number of amides is 1. The first-order valence-corrected chi connectivity index (χ1v) is 10.1. The Balaban J connectivity index is 1.50. The second kappa shape index (κ2) is 8.66. The van der Waals surface area contributed by atoms with E-state index >= 15 is 0 Å². The lowest BCUT2D eigenvalue weighted by Gasteiger charge is -2.35. The van der Waals surface area contributed by atoms with Gasteiger partial charge in [0, 0.05) is 17.4 Å². The maximum absolute atomic E-state index is 13.4. The van der Waals surface area contributed by atoms with Crippen molar-refractivity contribution in [2.24, 2.45) is 0 Å². The number of aromatic amines is 1. The van der Waals surface area contributed by atoms with Crippen LogP contribution in [0.4, 0.5) is 4.39 Å². The fourth-order valence-corrected chi connectivity index (χ4v) is 4.02. The summed E-state index contributed by atoms with van der Waals surface area (Å²) in [7, 11) is 1.66. The Morgan fingerprint density at radius 2 is 1.90 bits per heavy atom. The van der Waals surface area contributed by atoms with Crippen LogP contribution >= 0.6 is 0 Å². The number of rotatable bonds is 6. The average molecular weight is 395 g/mol. The van der Waals surface area contributed by atoms with Crippen LogP contribution in [0.5, 0.6) is 5.75 Å². The van der Waals surface area contributed by atoms with E-state index in [0.29, 0.717) is 17.6 Å². The van der Waals surface area contributed by atoms with Crippen LogP contribution in [0.3, 0.4) is 0 Å². The van der Waals surface area contributed by atoms with Crippen molar-refractivity contribution in [3.8, 4) is 5.75 Å². The zero-order chi connectivity index (χ0) is 20.2. The minimum Gasteiger partial charge on any atom is -0.497 e. The van der Waals surface area contributed by atoms with Gasteiger partial charge < -0.3 is 15.0 Å². The molecule has 29 heavy (non-hydrogen) atoms. The lowest BCUT2D eigenvalue weighted by Crippen LogP contribution is -2.40. The van der Waals surface area contributed by atoms with Gasteiger partial charge in [-0.25, -0.2) is 4.39 Å². The zero-order valence-corrected chi connectivity index (χ0v) is 16.6. The van der Waals surface area contributed by atoms with Crippen molar-refractivity contribution in [2.45, 2.75) is 25.3 Å². The van der Waals surface area contributed by atoms with Crippen molar-refractivity contribution in [1.29, 1.82) is 0 Å². The number of methoxy groups -OCH3 is 1. The molecule has 0 aliphatic carbocycles. The Morgan fingerprint density at radius 3 is 2.62 bits per heavy atom. The van der Waals surface area contributed by atoms with Crippen molar-refractivity contribution in [3.05, 3.63) is 65.6 Å². The van der Waals surface area contributed by atoms with Crippen LogP contribution in [0, 0.1) is 5.82 Å². The molecule has 1 unspecified atom stereocenters. The van der Waals surface area contributed by atoms with Gasteiger partial charge in [-0.15, -0.1) is 0 Å². The molecule has 0 saturated carbocycles. The van der Waals surface area contributed by atoms with Gasteiger partial charge in [-0.2, -0.15) is 0 Å². The summed E-state index contributed by atoms with van der Waals surface area (Å²) in [5.74, 6) is 0.325. The highest BCUT2D eigenvalue weighted by Gasteiger charge is 2.23. The third kappa shape index (κ3) is 4.43. The molecule has 2 heterocycles. The van der Waals surface area contributed by atoms with E-state index in [-0.39, 0.29) is 17.8 Å². The maximum Gasteiger partial charge on any atom is 0.267 e. The van der Waals surface area contributed by atoms with Gasteiger partial charge >= 0.3 is 0 Å². The highest BCUT2D eigenvalue weighted by molar-refractivity contribution is 5.98. The molecule has 0 bridgehead atoms. The quantitative estimate of drug-likeness (QED) is 0.655. The molecular weight excluding hydrogens is 369 g/mol. The lowest BCUT2D eigenvalue weighted by molar-refractivity contribution is 0.0920. The number of nitrogens with one attached hydrogen (secondary N) is 2. The Labute approximate surface area is 169 Å². The Hall–Kier alpha value is -2.86. The third-order valence-corrected chi connectivity index (χ3v) is 5.62. The van der Waals surface area contributed by atoms with Gasteiger partial charge in [0.1, 0.15) is 17.3 Å². The number of nitrogens with zero attached hydrogens (tertiary/aromatic N) is 1. The van der Waals surface area contributed by atoms with E-state index in [1.54, 1.807) is 19.2 Å². The fraction of sp³-hybridized carbons (Fsp3) is 0.348. The van der Waals surface area contributed by atoms with Crippen molar-refractivity contribution in [2.75, 3.05) is 26.7 Å². The number of ether oxygens (including phenoxy) is 1. The van der Waals surface area contributed by atoms with E-state index < -0.39 is 0 Å². The molecule has 0 spiro atoms. The van der Waals surface area contributed by atoms with E-state index in [1.807, 2.05) is 12.1 Å². The van der Waals surface area contributed by atoms with Crippen molar-refractivity contribution in [3.63, 3.8) is 0 Å². The summed E-state index contributed by atoms with van der Waals surface area (Å²) in [6, 6.07) is 14.3. The number of piperidine rings is 1. The van der Waals surface area contributed by atoms with Crippen LogP contribution < -0.4 is 10.1 Å². The van der Waals surface area contributed by atoms with Gasteiger partial charge in [-0.05, 0) is 67.9 Å². The molecule has 1 aliphatic heterocycles. The summed E-state index contributed by atoms with van der Waals surface area (Å²) in [6.07, 6.45) is 3.60. The number of hydrogen-bond donors (Lipinski definition) is 2. The van der Waals surface area contributed by atoms with Crippen LogP contribution in [0.2, 0.25) is 0 Å². The second-order valence-electron chi connectivity index (χ2n) is 7.51. The molecule has 1 aromatic heterocycles. The number of halogens is 1. The van der Waals surface area contributed by atoms with Gasteiger partial charge in [0.2, 0.25) is 0 Å². The summed E-state index contributed by atoms with van der Waals surface area (Å²) in [6.45, 7) is 2.56. The number of fused-ring (bicyclic) bond motifs is 1. The standard InChI is InChI=1S/C23H26FN3O2/c1-29-19-8-5-16(6-9-19)22(27-11-3-2-4-12-27)15-25-23(28)21-14-17-13-18(24)7-10-20(17)26-21/h5-10,13-14,22,26H,2-4,11-12,15H2,1H3,(H,25,28). The number of benzene rings is 2. The molecule has 5 nitrogen and oxygen atoms in total. The SMILES string of the molecule is COc1ccc(C(CNC(=O)c2cc3cc(F)ccc3[nH]2)N2CCCCC2)cc1. The van der Waals surface area contributed by atoms with Crippen LogP contribution in [-0.2, 0) is 0 Å². The van der Waals surface area contributed by atoms with Gasteiger partial charge in [0.25, 0.3) is 5.91 Å². The van der Waals surface area contributed by atoms with Crippen molar-refractivity contribution >= 4 is 16.8 Å². The smallest absolute Gasteiger partial charge is 0.267 e. The molecule has 1 fully saturated rings. The average Bonchev–Trinajstić information content (AvgIpc) is 3.18. The number of hydrogen-bond acceptors (Lipinski definition) is 3. The van der Waals surface area contributed by atoms with Crippen LogP contribution in [0.15, 0.2) is 48.5 Å². The molecule has 152 valence electrons. The number of H-pyrrole nitrogens is 1. The monoisotopic (exact) mass is 395 g/mol. The largest absolute Gasteiger partial charge is 0.497 e. The first-order chi connectivity index (χ1) is 14.1. The molecule has 1 saturated heterocycles. The van der Waals surface area contributed by atoms with Gasteiger partial charge in [0.05, 0.1) is 13.2 Å². The summed E-state index contributed by atoms with van der Waals surface area (Å²) in [4.78, 5) is 18.3. The fourth-order valence-electron chi connectivity index (χ4n) is 4.02. The first kappa shape index (κ1) is 19.5. The van der Waals surface area contributed by atoms with E-state index in [0.717, 1.165) is 29.9 Å². The summed E-state index contributed by atoms with van der Waals surface area (Å²) in [5.41, 5.74) is 2.35. The minimum atomic E-state index is -0.312. The molecule has 1 atom stereocenters. The summed E-state index contributed by atoms with van der Waals surface area (Å²) in [5, 5.41) is 3.75. The number of carbonyl (C=O) groups excluding carboxylic acids is 1. The highest BCUT2D eigenvalue weighted by atomic mass is 19.1. The Kier molecular flexibility index (Phi) is 5.81. The van der Waals surface area contributed by atoms with Crippen molar-refractivity contribution < 1.29 is 13.9 Å². The summed E-state index contributed by atoms with van der Waals surface area (Å²) >= 11 is 0. The predicted octanol–water partition coefficient (Wildman–Crippen LogP) is 4.27. The Bertz CT molecular complexity index is 977. The molecule has 4 rings (SSSR count). The number of carbonyl (C=O) groups is 1. The second-order valence-corrected chi connectivity index (χ2v) is 7.51. The minimum absolute atomic E-state index is 0.104. The van der Waals surface area contributed by atoms with E-state index in [9.17, 15) is 9.18 Å². The highest BCUT2D eigenvalue weighted by Crippen LogP contribution is 2.26. The van der Waals surface area contributed by atoms with E-state index in [4.69, 9.17) is 4.74 Å². The molecule has 2 N–H and O–H groups in total. The molecular formula is C23H26FN3O2. The van der Waals surface area contributed by atoms with Gasteiger partial charge in [0.15, 0.2) is 0 Å². The van der Waals surface area contributed by atoms with Gasteiger partial charge in [-0.3, -0.25) is 9.69 Å². The molecule has 2 aromatic carbocycles. The first-order valence-electron chi connectivity index (χ1n) is 10.1. The van der Waals surface area contributed by atoms with Crippen LogP contribution in [-0.4, -0.2) is 42.5 Å². The number of likely N-dealkylation sites (tertiary alicyclic amines) is 1. The van der Waals surface area contributed by atoms with E-state index in [1.165, 1.54) is 31.4 Å².